The number of hydrogen-bond acceptors (Lipinski definition) is 2. The number of fused-ring (bicyclic) bond motifs is 1. The van der Waals surface area contributed by atoms with Crippen molar-refractivity contribution in [1.82, 2.24) is 5.06 Å². The first kappa shape index (κ1) is 12.3. The number of benzene rings is 2. The standard InChI is InChI=1S/C15H15NO2/c1-11(9-15(17)16(2)18)13-8-7-12-5-3-4-6-14(12)10-13/h3-10,18H,1-2H3. The van der Waals surface area contributed by atoms with Gasteiger partial charge in [-0.25, -0.2) is 5.06 Å². The lowest BCUT2D eigenvalue weighted by atomic mass is 10.0. The largest absolute Gasteiger partial charge is 0.286 e. The van der Waals surface area contributed by atoms with Crippen LogP contribution in [0.4, 0.5) is 0 Å². The average Bonchev–Trinajstić information content (AvgIpc) is 2.37. The van der Waals surface area contributed by atoms with Crippen LogP contribution in [0.25, 0.3) is 16.3 Å². The third-order valence-corrected chi connectivity index (χ3v) is 2.86. The third-order valence-electron chi connectivity index (χ3n) is 2.86. The molecule has 0 spiro atoms. The Labute approximate surface area is 106 Å². The van der Waals surface area contributed by atoms with Crippen LogP contribution in [0, 0.1) is 0 Å². The first-order chi connectivity index (χ1) is 8.58. The normalized spacial score (nSPS) is 11.6. The molecule has 2 aromatic carbocycles. The third kappa shape index (κ3) is 2.57. The molecule has 3 nitrogen and oxygen atoms in total. The summed E-state index contributed by atoms with van der Waals surface area (Å²) in [4.78, 5) is 11.4. The second-order valence-electron chi connectivity index (χ2n) is 4.25. The SMILES string of the molecule is CC(=CC(=O)N(C)O)c1ccc2ccccc2c1. The van der Waals surface area contributed by atoms with Crippen molar-refractivity contribution in [1.29, 1.82) is 0 Å². The molecule has 2 rings (SSSR count). The summed E-state index contributed by atoms with van der Waals surface area (Å²) in [5.41, 5.74) is 1.80. The number of rotatable bonds is 2. The minimum atomic E-state index is -0.430. The number of carbonyl (C=O) groups is 1. The summed E-state index contributed by atoms with van der Waals surface area (Å²) in [6.45, 7) is 1.85. The molecule has 0 bridgehead atoms. The Morgan fingerprint density at radius 3 is 2.50 bits per heavy atom. The number of carbonyl (C=O) groups excluding carboxylic acids is 1. The summed E-state index contributed by atoms with van der Waals surface area (Å²) in [6, 6.07) is 14.1. The highest BCUT2D eigenvalue weighted by molar-refractivity contribution is 5.95. The van der Waals surface area contributed by atoms with Crippen molar-refractivity contribution in [2.24, 2.45) is 0 Å². The van der Waals surface area contributed by atoms with Crippen molar-refractivity contribution < 1.29 is 10.0 Å². The molecule has 0 atom stereocenters. The highest BCUT2D eigenvalue weighted by Gasteiger charge is 2.04. The van der Waals surface area contributed by atoms with E-state index < -0.39 is 5.91 Å². The van der Waals surface area contributed by atoms with Crippen LogP contribution < -0.4 is 0 Å². The second-order valence-corrected chi connectivity index (χ2v) is 4.25. The Bertz CT molecular complexity index is 615. The second kappa shape index (κ2) is 5.02. The lowest BCUT2D eigenvalue weighted by Gasteiger charge is -2.07. The molecule has 0 radical (unpaired) electrons. The van der Waals surface area contributed by atoms with Gasteiger partial charge < -0.3 is 0 Å². The van der Waals surface area contributed by atoms with E-state index in [1.165, 1.54) is 18.5 Å². The first-order valence-corrected chi connectivity index (χ1v) is 5.72. The van der Waals surface area contributed by atoms with Crippen molar-refractivity contribution in [2.75, 3.05) is 7.05 Å². The van der Waals surface area contributed by atoms with Gasteiger partial charge in [-0.15, -0.1) is 0 Å². The van der Waals surface area contributed by atoms with Crippen molar-refractivity contribution in [3.8, 4) is 0 Å². The molecule has 1 N–H and O–H groups in total. The Morgan fingerprint density at radius 2 is 1.83 bits per heavy atom. The van der Waals surface area contributed by atoms with Gasteiger partial charge in [-0.2, -0.15) is 0 Å². The molecule has 0 aliphatic carbocycles. The van der Waals surface area contributed by atoms with Gasteiger partial charge in [0.15, 0.2) is 0 Å². The molecule has 1 amide bonds. The minimum absolute atomic E-state index is 0.430. The van der Waals surface area contributed by atoms with Crippen molar-refractivity contribution >= 4 is 22.3 Å². The fourth-order valence-corrected chi connectivity index (χ4v) is 1.80. The maximum absolute atomic E-state index is 11.4. The molecule has 0 fully saturated rings. The molecule has 0 saturated heterocycles. The lowest BCUT2D eigenvalue weighted by molar-refractivity contribution is -0.153. The molecule has 0 saturated carbocycles. The van der Waals surface area contributed by atoms with E-state index in [9.17, 15) is 4.79 Å². The van der Waals surface area contributed by atoms with Crippen molar-refractivity contribution in [2.45, 2.75) is 6.92 Å². The highest BCUT2D eigenvalue weighted by Crippen LogP contribution is 2.20. The van der Waals surface area contributed by atoms with E-state index in [4.69, 9.17) is 5.21 Å². The maximum atomic E-state index is 11.4. The van der Waals surface area contributed by atoms with Crippen LogP contribution in [0.3, 0.4) is 0 Å². The molecule has 3 heteroatoms. The number of amides is 1. The van der Waals surface area contributed by atoms with E-state index in [0.29, 0.717) is 5.06 Å². The molecule has 0 aromatic heterocycles. The number of allylic oxidation sites excluding steroid dienone is 1. The van der Waals surface area contributed by atoms with Gasteiger partial charge in [-0.1, -0.05) is 36.4 Å². The monoisotopic (exact) mass is 241 g/mol. The smallest absolute Gasteiger partial charge is 0.269 e. The summed E-state index contributed by atoms with van der Waals surface area (Å²) in [5.74, 6) is -0.430. The molecule has 0 heterocycles. The summed E-state index contributed by atoms with van der Waals surface area (Å²) < 4.78 is 0. The highest BCUT2D eigenvalue weighted by atomic mass is 16.5. The molecule has 0 aliphatic rings. The molecule has 18 heavy (non-hydrogen) atoms. The number of hydrogen-bond donors (Lipinski definition) is 1. The van der Waals surface area contributed by atoms with Gasteiger partial charge >= 0.3 is 0 Å². The van der Waals surface area contributed by atoms with Gasteiger partial charge in [0.2, 0.25) is 0 Å². The van der Waals surface area contributed by atoms with E-state index in [1.54, 1.807) is 0 Å². The van der Waals surface area contributed by atoms with Crippen molar-refractivity contribution in [3.63, 3.8) is 0 Å². The van der Waals surface area contributed by atoms with Gasteiger partial charge in [0.05, 0.1) is 0 Å². The Balaban J connectivity index is 2.39. The minimum Gasteiger partial charge on any atom is -0.286 e. The predicted octanol–water partition coefficient (Wildman–Crippen LogP) is 3.09. The topological polar surface area (TPSA) is 40.5 Å². The van der Waals surface area contributed by atoms with E-state index in [2.05, 4.69) is 0 Å². The van der Waals surface area contributed by atoms with E-state index in [0.717, 1.165) is 16.5 Å². The summed E-state index contributed by atoms with van der Waals surface area (Å²) in [5, 5.41) is 11.9. The van der Waals surface area contributed by atoms with Crippen molar-refractivity contribution in [3.05, 3.63) is 54.1 Å². The quantitative estimate of drug-likeness (QED) is 0.498. The number of likely N-dealkylation sites (N-methyl/N-ethyl adjacent to an activating group) is 1. The summed E-state index contributed by atoms with van der Waals surface area (Å²) in [7, 11) is 1.31. The zero-order valence-electron chi connectivity index (χ0n) is 10.4. The number of hydroxylamine groups is 2. The molecular weight excluding hydrogens is 226 g/mol. The van der Waals surface area contributed by atoms with Crippen LogP contribution in [0.15, 0.2) is 48.5 Å². The van der Waals surface area contributed by atoms with Crippen LogP contribution >= 0.6 is 0 Å². The van der Waals surface area contributed by atoms with Crippen LogP contribution in [0.2, 0.25) is 0 Å². The Hall–Kier alpha value is -2.13. The van der Waals surface area contributed by atoms with Gasteiger partial charge in [-0.05, 0) is 34.9 Å². The van der Waals surface area contributed by atoms with Crippen LogP contribution in [-0.2, 0) is 4.79 Å². The van der Waals surface area contributed by atoms with E-state index in [-0.39, 0.29) is 0 Å². The van der Waals surface area contributed by atoms with E-state index >= 15 is 0 Å². The summed E-state index contributed by atoms with van der Waals surface area (Å²) in [6.07, 6.45) is 1.42. The first-order valence-electron chi connectivity index (χ1n) is 5.72. The molecule has 0 unspecified atom stereocenters. The fraction of sp³-hybridized carbons (Fsp3) is 0.133. The lowest BCUT2D eigenvalue weighted by Crippen LogP contribution is -2.20. The van der Waals surface area contributed by atoms with E-state index in [1.807, 2.05) is 49.4 Å². The Kier molecular flexibility index (Phi) is 3.44. The zero-order valence-corrected chi connectivity index (χ0v) is 10.4. The van der Waals surface area contributed by atoms with Crippen LogP contribution in [-0.4, -0.2) is 23.2 Å². The molecule has 92 valence electrons. The van der Waals surface area contributed by atoms with Crippen LogP contribution in [0.5, 0.6) is 0 Å². The van der Waals surface area contributed by atoms with Gasteiger partial charge in [0.1, 0.15) is 0 Å². The van der Waals surface area contributed by atoms with Gasteiger partial charge in [-0.3, -0.25) is 10.0 Å². The molecular formula is C15H15NO2. The summed E-state index contributed by atoms with van der Waals surface area (Å²) >= 11 is 0. The Morgan fingerprint density at radius 1 is 1.17 bits per heavy atom. The average molecular weight is 241 g/mol. The molecule has 2 aromatic rings. The zero-order chi connectivity index (χ0) is 13.1. The predicted molar refractivity (Wildman–Crippen MR) is 72.2 cm³/mol. The maximum Gasteiger partial charge on any atom is 0.269 e. The van der Waals surface area contributed by atoms with Gasteiger partial charge in [0.25, 0.3) is 5.91 Å². The fourth-order valence-electron chi connectivity index (χ4n) is 1.80. The van der Waals surface area contributed by atoms with Crippen LogP contribution in [0.1, 0.15) is 12.5 Å². The molecule has 0 aliphatic heterocycles. The van der Waals surface area contributed by atoms with Gasteiger partial charge in [0, 0.05) is 13.1 Å². The number of nitrogens with zero attached hydrogens (tertiary/aromatic N) is 1.